The molecule has 1 aliphatic rings. The summed E-state index contributed by atoms with van der Waals surface area (Å²) in [5, 5.41) is 13.4. The normalized spacial score (nSPS) is 17.4. The van der Waals surface area contributed by atoms with E-state index in [1.54, 1.807) is 22.9 Å². The molecule has 8 nitrogen and oxygen atoms in total. The zero-order valence-corrected chi connectivity index (χ0v) is 14.2. The first-order valence-electron chi connectivity index (χ1n) is 8.60. The minimum absolute atomic E-state index is 0.0571. The summed E-state index contributed by atoms with van der Waals surface area (Å²) in [5.41, 5.74) is 7.67. The van der Waals surface area contributed by atoms with Gasteiger partial charge in [0.1, 0.15) is 0 Å². The Morgan fingerprint density at radius 3 is 2.96 bits per heavy atom. The molecule has 0 bridgehead atoms. The molecule has 3 aromatic rings. The molecule has 1 fully saturated rings. The number of hydrogen-bond acceptors (Lipinski definition) is 6. The number of piperidine rings is 1. The molecule has 2 N–H and O–H groups in total. The predicted molar refractivity (Wildman–Crippen MR) is 96.9 cm³/mol. The van der Waals surface area contributed by atoms with Gasteiger partial charge in [0.25, 0.3) is 0 Å². The van der Waals surface area contributed by atoms with Gasteiger partial charge in [-0.05, 0) is 24.5 Å². The Balaban J connectivity index is 1.86. The Labute approximate surface area is 150 Å². The summed E-state index contributed by atoms with van der Waals surface area (Å²) in [6.45, 7) is 1.70. The monoisotopic (exact) mass is 349 g/mol. The van der Waals surface area contributed by atoms with E-state index in [1.807, 2.05) is 18.2 Å². The van der Waals surface area contributed by atoms with Crippen molar-refractivity contribution in [2.45, 2.75) is 25.4 Å². The maximum Gasteiger partial charge on any atom is 0.353 e. The average Bonchev–Trinajstić information content (AvgIpc) is 3.13. The van der Waals surface area contributed by atoms with Crippen molar-refractivity contribution in [3.8, 4) is 6.07 Å². The first kappa shape index (κ1) is 16.3. The van der Waals surface area contributed by atoms with Crippen LogP contribution >= 0.6 is 0 Å². The Morgan fingerprint density at radius 1 is 1.31 bits per heavy atom. The van der Waals surface area contributed by atoms with Crippen LogP contribution in [0.15, 0.2) is 41.3 Å². The molecule has 132 valence electrons. The van der Waals surface area contributed by atoms with Crippen molar-refractivity contribution < 1.29 is 0 Å². The van der Waals surface area contributed by atoms with Crippen LogP contribution in [0, 0.1) is 11.3 Å². The van der Waals surface area contributed by atoms with Crippen LogP contribution in [0.1, 0.15) is 24.0 Å². The van der Waals surface area contributed by atoms with Crippen molar-refractivity contribution in [1.29, 1.82) is 5.26 Å². The molecular weight excluding hydrogens is 330 g/mol. The molecule has 8 heteroatoms. The van der Waals surface area contributed by atoms with Gasteiger partial charge in [-0.1, -0.05) is 18.2 Å². The lowest BCUT2D eigenvalue weighted by Crippen LogP contribution is -2.46. The van der Waals surface area contributed by atoms with E-state index >= 15 is 0 Å². The van der Waals surface area contributed by atoms with E-state index in [9.17, 15) is 10.1 Å². The van der Waals surface area contributed by atoms with Gasteiger partial charge in [0.2, 0.25) is 5.95 Å². The van der Waals surface area contributed by atoms with Gasteiger partial charge < -0.3 is 10.6 Å². The summed E-state index contributed by atoms with van der Waals surface area (Å²) in [6.07, 6.45) is 3.48. The SMILES string of the molecule is N#Cc1ccccc1Cn1c(N2CCC[C@@H](N)C2)nc2ccnn2c1=O. The second-order valence-corrected chi connectivity index (χ2v) is 6.50. The van der Waals surface area contributed by atoms with Crippen LogP contribution in [-0.2, 0) is 6.54 Å². The van der Waals surface area contributed by atoms with Crippen molar-refractivity contribution in [3.63, 3.8) is 0 Å². The number of benzene rings is 1. The van der Waals surface area contributed by atoms with Crippen LogP contribution < -0.4 is 16.3 Å². The molecule has 3 heterocycles. The fourth-order valence-corrected chi connectivity index (χ4v) is 3.40. The smallest absolute Gasteiger partial charge is 0.341 e. The number of nitrogens with two attached hydrogens (primary N) is 1. The van der Waals surface area contributed by atoms with Crippen LogP contribution in [0.4, 0.5) is 5.95 Å². The summed E-state index contributed by atoms with van der Waals surface area (Å²) < 4.78 is 2.86. The van der Waals surface area contributed by atoms with Gasteiger partial charge in [0.05, 0.1) is 24.4 Å². The fourth-order valence-electron chi connectivity index (χ4n) is 3.40. The molecule has 1 atom stereocenters. The summed E-state index contributed by atoms with van der Waals surface area (Å²) in [5.74, 6) is 0.575. The van der Waals surface area contributed by atoms with Gasteiger partial charge in [0.15, 0.2) is 5.65 Å². The van der Waals surface area contributed by atoms with Crippen molar-refractivity contribution >= 4 is 11.6 Å². The maximum atomic E-state index is 13.0. The van der Waals surface area contributed by atoms with E-state index in [4.69, 9.17) is 5.73 Å². The van der Waals surface area contributed by atoms with Gasteiger partial charge in [0, 0.05) is 25.2 Å². The summed E-state index contributed by atoms with van der Waals surface area (Å²) in [6, 6.07) is 11.2. The number of aromatic nitrogens is 4. The molecule has 0 spiro atoms. The molecule has 1 aromatic carbocycles. The largest absolute Gasteiger partial charge is 0.353 e. The highest BCUT2D eigenvalue weighted by atomic mass is 16.2. The number of anilines is 1. The van der Waals surface area contributed by atoms with Gasteiger partial charge in [-0.15, -0.1) is 0 Å². The number of fused-ring (bicyclic) bond motifs is 1. The van der Waals surface area contributed by atoms with E-state index in [0.717, 1.165) is 24.9 Å². The molecule has 2 aromatic heterocycles. The summed E-state index contributed by atoms with van der Waals surface area (Å²) >= 11 is 0. The summed E-state index contributed by atoms with van der Waals surface area (Å²) in [4.78, 5) is 19.7. The van der Waals surface area contributed by atoms with E-state index in [1.165, 1.54) is 4.52 Å². The molecule has 0 saturated carbocycles. The van der Waals surface area contributed by atoms with Crippen molar-refractivity contribution in [2.24, 2.45) is 5.73 Å². The average molecular weight is 349 g/mol. The minimum Gasteiger partial charge on any atom is -0.341 e. The molecule has 4 rings (SSSR count). The highest BCUT2D eigenvalue weighted by Crippen LogP contribution is 2.19. The van der Waals surface area contributed by atoms with E-state index in [-0.39, 0.29) is 18.3 Å². The molecule has 0 amide bonds. The number of nitrogens with zero attached hydrogens (tertiary/aromatic N) is 6. The quantitative estimate of drug-likeness (QED) is 0.748. The standard InChI is InChI=1S/C18H19N7O/c19-10-13-4-1-2-5-14(13)11-24-17(23-9-3-6-15(20)12-23)22-16-7-8-21-25(16)18(24)26/h1-2,4-5,7-8,15H,3,6,9,11-12,20H2/t15-/m1/s1. The molecule has 0 unspecified atom stereocenters. The third-order valence-corrected chi connectivity index (χ3v) is 4.70. The van der Waals surface area contributed by atoms with Gasteiger partial charge >= 0.3 is 5.69 Å². The Bertz CT molecular complexity index is 1050. The first-order chi connectivity index (χ1) is 12.7. The number of rotatable bonds is 3. The molecule has 0 radical (unpaired) electrons. The Morgan fingerprint density at radius 2 is 2.15 bits per heavy atom. The lowest BCUT2D eigenvalue weighted by Gasteiger charge is -2.32. The van der Waals surface area contributed by atoms with Crippen LogP contribution in [0.25, 0.3) is 5.65 Å². The Hall–Kier alpha value is -3.18. The van der Waals surface area contributed by atoms with Gasteiger partial charge in [-0.3, -0.25) is 4.57 Å². The highest BCUT2D eigenvalue weighted by molar-refractivity contribution is 5.45. The van der Waals surface area contributed by atoms with Crippen LogP contribution in [0.3, 0.4) is 0 Å². The molecule has 26 heavy (non-hydrogen) atoms. The number of nitriles is 1. The first-order valence-corrected chi connectivity index (χ1v) is 8.60. The lowest BCUT2D eigenvalue weighted by molar-refractivity contribution is 0.488. The summed E-state index contributed by atoms with van der Waals surface area (Å²) in [7, 11) is 0. The molecular formula is C18H19N7O. The highest BCUT2D eigenvalue weighted by Gasteiger charge is 2.23. The zero-order valence-electron chi connectivity index (χ0n) is 14.2. The predicted octanol–water partition coefficient (Wildman–Crippen LogP) is 0.738. The van der Waals surface area contributed by atoms with E-state index in [0.29, 0.717) is 23.7 Å². The molecule has 0 aliphatic carbocycles. The van der Waals surface area contributed by atoms with E-state index in [2.05, 4.69) is 21.1 Å². The van der Waals surface area contributed by atoms with Gasteiger partial charge in [-0.2, -0.15) is 19.9 Å². The van der Waals surface area contributed by atoms with Crippen LogP contribution in [0.5, 0.6) is 0 Å². The zero-order chi connectivity index (χ0) is 18.1. The topological polar surface area (TPSA) is 105 Å². The Kier molecular flexibility index (Phi) is 4.14. The van der Waals surface area contributed by atoms with Crippen molar-refractivity contribution in [3.05, 3.63) is 58.1 Å². The van der Waals surface area contributed by atoms with Crippen LogP contribution in [-0.4, -0.2) is 38.3 Å². The molecule has 1 aliphatic heterocycles. The fraction of sp³-hybridized carbons (Fsp3) is 0.333. The maximum absolute atomic E-state index is 13.0. The van der Waals surface area contributed by atoms with Crippen molar-refractivity contribution in [2.75, 3.05) is 18.0 Å². The molecule has 1 saturated heterocycles. The second-order valence-electron chi connectivity index (χ2n) is 6.50. The van der Waals surface area contributed by atoms with Gasteiger partial charge in [-0.25, -0.2) is 4.79 Å². The van der Waals surface area contributed by atoms with E-state index < -0.39 is 0 Å². The van der Waals surface area contributed by atoms with Crippen LogP contribution in [0.2, 0.25) is 0 Å². The number of hydrogen-bond donors (Lipinski definition) is 1. The third-order valence-electron chi connectivity index (χ3n) is 4.70. The van der Waals surface area contributed by atoms with Crippen molar-refractivity contribution in [1.82, 2.24) is 19.2 Å². The lowest BCUT2D eigenvalue weighted by atomic mass is 10.1. The third kappa shape index (κ3) is 2.82. The minimum atomic E-state index is -0.276. The second kappa shape index (κ2) is 6.61.